The first-order valence-electron chi connectivity index (χ1n) is 18.3. The van der Waals surface area contributed by atoms with Crippen molar-refractivity contribution in [3.63, 3.8) is 0 Å². The monoisotopic (exact) mass is 677 g/mol. The Morgan fingerprint density at radius 3 is 0.800 bits per heavy atom. The van der Waals surface area contributed by atoms with Crippen LogP contribution in [0.2, 0.25) is 9.38 Å². The number of rotatable bonds is 27. The summed E-state index contributed by atoms with van der Waals surface area (Å²) in [6.45, 7) is 24.4. The summed E-state index contributed by atoms with van der Waals surface area (Å²) in [5.74, 6) is 3.16. The summed E-state index contributed by atoms with van der Waals surface area (Å²) in [6, 6.07) is 0. The Kier molecular flexibility index (Phi) is 44.8. The Hall–Kier alpha value is 0.719. The zero-order valence-corrected chi connectivity index (χ0v) is 32.7. The zero-order chi connectivity index (χ0) is 30.7. The van der Waals surface area contributed by atoms with Crippen molar-refractivity contribution in [3.05, 3.63) is 0 Å². The van der Waals surface area contributed by atoms with Gasteiger partial charge in [-0.1, -0.05) is 132 Å². The molecule has 0 amide bonds. The van der Waals surface area contributed by atoms with Crippen LogP contribution in [0.5, 0.6) is 0 Å². The molecule has 0 aromatic heterocycles. The average molecular weight is 676 g/mol. The molecule has 4 atom stereocenters. The van der Waals surface area contributed by atoms with Crippen molar-refractivity contribution in [2.75, 3.05) is 26.4 Å². The minimum absolute atomic E-state index is 0.190. The molecule has 0 aliphatic heterocycles. The number of hydrogen-bond donors (Lipinski definition) is 0. The third kappa shape index (κ3) is 34.9. The molecule has 244 valence electrons. The molecule has 0 saturated carbocycles. The van der Waals surface area contributed by atoms with Crippen LogP contribution in [0, 0.1) is 23.7 Å². The summed E-state index contributed by atoms with van der Waals surface area (Å²) in [5, 5.41) is 0. The second-order valence-electron chi connectivity index (χ2n) is 12.2. The van der Waals surface area contributed by atoms with Crippen molar-refractivity contribution in [3.8, 4) is 0 Å². The van der Waals surface area contributed by atoms with Crippen molar-refractivity contribution in [2.45, 2.75) is 187 Å². The molecule has 2 radical (unpaired) electrons. The second-order valence-corrected chi connectivity index (χ2v) is 15.6. The molecular formula is C37H80O2Sn. The van der Waals surface area contributed by atoms with Gasteiger partial charge in [0.1, 0.15) is 0 Å². The second kappa shape index (κ2) is 39.7. The van der Waals surface area contributed by atoms with Gasteiger partial charge in [-0.2, -0.15) is 0 Å². The van der Waals surface area contributed by atoms with Gasteiger partial charge in [0.2, 0.25) is 0 Å². The molecule has 0 saturated heterocycles. The van der Waals surface area contributed by atoms with Gasteiger partial charge >= 0.3 is 50.3 Å². The van der Waals surface area contributed by atoms with Crippen LogP contribution in [0.3, 0.4) is 0 Å². The van der Waals surface area contributed by atoms with Crippen LogP contribution in [-0.2, 0) is 9.47 Å². The van der Waals surface area contributed by atoms with Gasteiger partial charge in [0, 0.05) is 26.4 Å². The topological polar surface area (TPSA) is 18.5 Å². The van der Waals surface area contributed by atoms with Crippen LogP contribution in [-0.4, -0.2) is 47.6 Å². The van der Waals surface area contributed by atoms with Crippen molar-refractivity contribution in [2.24, 2.45) is 23.7 Å². The molecule has 0 aliphatic carbocycles. The summed E-state index contributed by atoms with van der Waals surface area (Å²) < 4.78 is 13.5. The van der Waals surface area contributed by atoms with Gasteiger partial charge in [0.25, 0.3) is 0 Å². The third-order valence-corrected chi connectivity index (χ3v) is 10.8. The van der Waals surface area contributed by atoms with Crippen molar-refractivity contribution in [1.29, 1.82) is 0 Å². The van der Waals surface area contributed by atoms with E-state index in [2.05, 4.69) is 67.3 Å². The molecule has 0 aromatic rings. The SMILES string of the molecule is CCCCC(CC)COCC(CC)CCCC.CCCCC(CC)COCC(CC)CCCC.CCC[CH2][Sn][CH3]. The van der Waals surface area contributed by atoms with Gasteiger partial charge in [-0.15, -0.1) is 0 Å². The van der Waals surface area contributed by atoms with Crippen LogP contribution in [0.15, 0.2) is 0 Å². The molecular weight excluding hydrogens is 595 g/mol. The normalized spacial score (nSPS) is 13.9. The van der Waals surface area contributed by atoms with Crippen LogP contribution in [0.25, 0.3) is 0 Å². The van der Waals surface area contributed by atoms with Gasteiger partial charge in [-0.3, -0.25) is 0 Å². The average Bonchev–Trinajstić information content (AvgIpc) is 2.99. The maximum atomic E-state index is 5.93. The molecule has 0 aromatic carbocycles. The van der Waals surface area contributed by atoms with E-state index in [9.17, 15) is 0 Å². The zero-order valence-electron chi connectivity index (χ0n) is 29.9. The maximum absolute atomic E-state index is 5.93. The number of hydrogen-bond acceptors (Lipinski definition) is 2. The van der Waals surface area contributed by atoms with Crippen LogP contribution < -0.4 is 0 Å². The fraction of sp³-hybridized carbons (Fsp3) is 1.00. The molecule has 0 rings (SSSR count). The molecule has 0 N–H and O–H groups in total. The standard InChI is InChI=1S/2C16H34O.C4H9.CH3.Sn/c2*1-5-9-11-15(7-3)13-17-14-16(8-4)12-10-6-2;1-3-4-2;;/h2*15-16H,5-14H2,1-4H3;1,3-4H2,2H3;1H3;. The van der Waals surface area contributed by atoms with Gasteiger partial charge in [-0.05, 0) is 49.4 Å². The summed E-state index contributed by atoms with van der Waals surface area (Å²) in [4.78, 5) is 2.40. The first kappa shape index (κ1) is 45.2. The van der Waals surface area contributed by atoms with E-state index in [1.54, 1.807) is 4.44 Å². The molecule has 0 fully saturated rings. The quantitative estimate of drug-likeness (QED) is 0.0637. The minimum atomic E-state index is 0.190. The van der Waals surface area contributed by atoms with Crippen LogP contribution in [0.4, 0.5) is 0 Å². The molecule has 0 aliphatic rings. The van der Waals surface area contributed by atoms with Gasteiger partial charge in [0.15, 0.2) is 0 Å². The van der Waals surface area contributed by atoms with E-state index in [4.69, 9.17) is 9.47 Å². The van der Waals surface area contributed by atoms with E-state index < -0.39 is 0 Å². The number of unbranched alkanes of at least 4 members (excludes halogenated alkanes) is 5. The molecule has 0 bridgehead atoms. The molecule has 3 heteroatoms. The predicted octanol–water partition coefficient (Wildman–Crippen LogP) is 12.8. The third-order valence-electron chi connectivity index (χ3n) is 8.37. The Balaban J connectivity index is -0.000000569. The molecule has 40 heavy (non-hydrogen) atoms. The first-order valence-corrected chi connectivity index (χ1v) is 23.1. The fourth-order valence-corrected chi connectivity index (χ4v) is 6.77. The molecule has 2 nitrogen and oxygen atoms in total. The van der Waals surface area contributed by atoms with E-state index in [0.29, 0.717) is 0 Å². The van der Waals surface area contributed by atoms with Crippen molar-refractivity contribution >= 4 is 21.1 Å². The summed E-state index contributed by atoms with van der Waals surface area (Å²) in [6.07, 6.45) is 24.0. The Morgan fingerprint density at radius 2 is 0.650 bits per heavy atom. The summed E-state index contributed by atoms with van der Waals surface area (Å²) in [7, 11) is 0. The Labute approximate surface area is 266 Å². The number of ether oxygens (including phenoxy) is 2. The molecule has 4 unspecified atom stereocenters. The van der Waals surface area contributed by atoms with Crippen LogP contribution in [0.1, 0.15) is 178 Å². The van der Waals surface area contributed by atoms with E-state index in [1.807, 2.05) is 0 Å². The van der Waals surface area contributed by atoms with Gasteiger partial charge in [0.05, 0.1) is 0 Å². The van der Waals surface area contributed by atoms with Crippen molar-refractivity contribution in [1.82, 2.24) is 0 Å². The summed E-state index contributed by atoms with van der Waals surface area (Å²) >= 11 is 0.190. The summed E-state index contributed by atoms with van der Waals surface area (Å²) in [5.41, 5.74) is 0. The van der Waals surface area contributed by atoms with Crippen LogP contribution >= 0.6 is 0 Å². The Morgan fingerprint density at radius 1 is 0.400 bits per heavy atom. The van der Waals surface area contributed by atoms with E-state index in [0.717, 1.165) is 50.1 Å². The van der Waals surface area contributed by atoms with Gasteiger partial charge in [-0.25, -0.2) is 0 Å². The van der Waals surface area contributed by atoms with E-state index in [1.165, 1.54) is 116 Å². The molecule has 0 spiro atoms. The van der Waals surface area contributed by atoms with E-state index >= 15 is 0 Å². The van der Waals surface area contributed by atoms with Gasteiger partial charge < -0.3 is 9.47 Å². The fourth-order valence-electron chi connectivity index (χ4n) is 4.75. The first-order chi connectivity index (χ1) is 19.5. The Bertz CT molecular complexity index is 347. The van der Waals surface area contributed by atoms with Crippen molar-refractivity contribution < 1.29 is 9.47 Å². The predicted molar refractivity (Wildman–Crippen MR) is 186 cm³/mol. The van der Waals surface area contributed by atoms with E-state index in [-0.39, 0.29) is 21.1 Å². The molecule has 0 heterocycles.